The van der Waals surface area contributed by atoms with Crippen molar-refractivity contribution in [2.45, 2.75) is 51.9 Å². The van der Waals surface area contributed by atoms with E-state index in [4.69, 9.17) is 4.74 Å². The lowest BCUT2D eigenvalue weighted by molar-refractivity contribution is -0.132. The summed E-state index contributed by atoms with van der Waals surface area (Å²) in [5.74, 6) is 1.76. The molecular weight excluding hydrogens is 264 g/mol. The third-order valence-electron chi connectivity index (χ3n) is 4.56. The minimum atomic E-state index is -0.109. The minimum absolute atomic E-state index is 0.0150. The second-order valence-electron chi connectivity index (χ2n) is 6.12. The minimum Gasteiger partial charge on any atom is -0.494 e. The van der Waals surface area contributed by atoms with Gasteiger partial charge in [-0.3, -0.25) is 10.1 Å². The molecule has 1 aliphatic heterocycles. The highest BCUT2D eigenvalue weighted by atomic mass is 16.5. The van der Waals surface area contributed by atoms with Gasteiger partial charge in [0.15, 0.2) is 0 Å². The van der Waals surface area contributed by atoms with Gasteiger partial charge < -0.3 is 9.64 Å². The van der Waals surface area contributed by atoms with Gasteiger partial charge in [0, 0.05) is 6.04 Å². The lowest BCUT2D eigenvalue weighted by Gasteiger charge is -2.31. The fourth-order valence-corrected chi connectivity index (χ4v) is 3.15. The number of hydrogen-bond acceptors (Lipinski definition) is 3. The summed E-state index contributed by atoms with van der Waals surface area (Å²) in [5, 5.41) is 3.42. The van der Waals surface area contributed by atoms with E-state index in [1.807, 2.05) is 30.9 Å². The first-order chi connectivity index (χ1) is 10.1. The number of benzene rings is 1. The fraction of sp³-hybridized carbons (Fsp3) is 0.588. The quantitative estimate of drug-likeness (QED) is 0.906. The van der Waals surface area contributed by atoms with Crippen LogP contribution < -0.4 is 10.1 Å². The number of nitrogens with one attached hydrogen (secondary N) is 1. The Kier molecular flexibility index (Phi) is 3.89. The van der Waals surface area contributed by atoms with Gasteiger partial charge >= 0.3 is 0 Å². The highest BCUT2D eigenvalue weighted by molar-refractivity contribution is 5.84. The van der Waals surface area contributed by atoms with Crippen LogP contribution in [0.15, 0.2) is 24.3 Å². The summed E-state index contributed by atoms with van der Waals surface area (Å²) in [5.41, 5.74) is 1.13. The normalized spacial score (nSPS) is 27.0. The van der Waals surface area contributed by atoms with E-state index in [1.54, 1.807) is 0 Å². The molecule has 4 nitrogen and oxygen atoms in total. The van der Waals surface area contributed by atoms with E-state index in [1.165, 1.54) is 12.8 Å². The molecule has 3 unspecified atom stereocenters. The predicted octanol–water partition coefficient (Wildman–Crippen LogP) is 2.70. The summed E-state index contributed by atoms with van der Waals surface area (Å²) in [6.07, 6.45) is 2.48. The van der Waals surface area contributed by atoms with Crippen LogP contribution in [0.25, 0.3) is 0 Å². The van der Waals surface area contributed by atoms with Crippen molar-refractivity contribution in [1.29, 1.82) is 0 Å². The van der Waals surface area contributed by atoms with E-state index in [9.17, 15) is 4.79 Å². The van der Waals surface area contributed by atoms with Crippen LogP contribution in [0.5, 0.6) is 5.75 Å². The molecular formula is C17H24N2O2. The Labute approximate surface area is 126 Å². The van der Waals surface area contributed by atoms with Crippen LogP contribution >= 0.6 is 0 Å². The van der Waals surface area contributed by atoms with Crippen LogP contribution in [0, 0.1) is 5.92 Å². The number of carbonyl (C=O) groups excluding carboxylic acids is 1. The molecule has 1 aromatic rings. The first-order valence-electron chi connectivity index (χ1n) is 7.92. The molecule has 1 saturated carbocycles. The van der Waals surface area contributed by atoms with E-state index in [0.717, 1.165) is 11.3 Å². The van der Waals surface area contributed by atoms with Crippen molar-refractivity contribution in [2.24, 2.45) is 5.92 Å². The summed E-state index contributed by atoms with van der Waals surface area (Å²) in [6, 6.07) is 8.28. The molecule has 1 aromatic carbocycles. The first kappa shape index (κ1) is 14.4. The number of nitrogens with zero attached hydrogens (tertiary/aromatic N) is 1. The van der Waals surface area contributed by atoms with E-state index >= 15 is 0 Å². The number of rotatable bonds is 5. The van der Waals surface area contributed by atoms with Gasteiger partial charge in [0.05, 0.1) is 12.6 Å². The van der Waals surface area contributed by atoms with Crippen LogP contribution in [0.3, 0.4) is 0 Å². The Bertz CT molecular complexity index is 510. The molecule has 3 rings (SSSR count). The summed E-state index contributed by atoms with van der Waals surface area (Å²) >= 11 is 0. The number of hydrogen-bond donors (Lipinski definition) is 1. The van der Waals surface area contributed by atoms with Crippen molar-refractivity contribution in [3.63, 3.8) is 0 Å². The molecule has 114 valence electrons. The topological polar surface area (TPSA) is 41.6 Å². The van der Waals surface area contributed by atoms with Gasteiger partial charge in [0.1, 0.15) is 11.9 Å². The largest absolute Gasteiger partial charge is 0.494 e. The number of carbonyl (C=O) groups is 1. The van der Waals surface area contributed by atoms with Crippen LogP contribution in [0.4, 0.5) is 0 Å². The maximum Gasteiger partial charge on any atom is 0.241 e. The van der Waals surface area contributed by atoms with Crippen molar-refractivity contribution in [3.05, 3.63) is 29.8 Å². The number of ether oxygens (including phenoxy) is 1. The maximum atomic E-state index is 12.5. The van der Waals surface area contributed by atoms with Crippen molar-refractivity contribution >= 4 is 5.91 Å². The van der Waals surface area contributed by atoms with Crippen molar-refractivity contribution in [1.82, 2.24) is 10.2 Å². The molecule has 3 atom stereocenters. The molecule has 1 saturated heterocycles. The highest BCUT2D eigenvalue weighted by Gasteiger charge is 2.44. The average Bonchev–Trinajstić information content (AvgIpc) is 3.28. The van der Waals surface area contributed by atoms with Gasteiger partial charge in [0.25, 0.3) is 0 Å². The van der Waals surface area contributed by atoms with Crippen molar-refractivity contribution < 1.29 is 9.53 Å². The molecule has 1 N–H and O–H groups in total. The van der Waals surface area contributed by atoms with Crippen LogP contribution in [-0.4, -0.2) is 29.5 Å². The molecule has 0 bridgehead atoms. The third kappa shape index (κ3) is 2.77. The van der Waals surface area contributed by atoms with Crippen LogP contribution in [0.2, 0.25) is 0 Å². The van der Waals surface area contributed by atoms with Crippen molar-refractivity contribution in [2.75, 3.05) is 6.61 Å². The Morgan fingerprint density at radius 3 is 2.57 bits per heavy atom. The smallest absolute Gasteiger partial charge is 0.241 e. The molecule has 0 radical (unpaired) electrons. The van der Waals surface area contributed by atoms with Gasteiger partial charge in [-0.05, 0) is 57.2 Å². The average molecular weight is 288 g/mol. The Balaban J connectivity index is 1.82. The Morgan fingerprint density at radius 2 is 2.00 bits per heavy atom. The van der Waals surface area contributed by atoms with Gasteiger partial charge in [-0.25, -0.2) is 0 Å². The van der Waals surface area contributed by atoms with Crippen LogP contribution in [-0.2, 0) is 4.79 Å². The summed E-state index contributed by atoms with van der Waals surface area (Å²) in [6.45, 7) is 6.77. The molecule has 0 spiro atoms. The Morgan fingerprint density at radius 1 is 1.33 bits per heavy atom. The van der Waals surface area contributed by atoms with E-state index < -0.39 is 0 Å². The zero-order valence-corrected chi connectivity index (χ0v) is 13.0. The zero-order chi connectivity index (χ0) is 15.0. The summed E-state index contributed by atoms with van der Waals surface area (Å²) in [7, 11) is 0. The van der Waals surface area contributed by atoms with Gasteiger partial charge in [-0.15, -0.1) is 0 Å². The summed E-state index contributed by atoms with van der Waals surface area (Å²) in [4.78, 5) is 14.5. The summed E-state index contributed by atoms with van der Waals surface area (Å²) < 4.78 is 5.49. The molecule has 1 heterocycles. The Hall–Kier alpha value is -1.55. The lowest BCUT2D eigenvalue weighted by Crippen LogP contribution is -2.39. The standard InChI is InChI=1S/C17H24N2O2/c1-4-21-15-9-7-14(8-10-15)16-18-11(2)17(20)19(16)12(3)13-5-6-13/h7-13,16,18H,4-6H2,1-3H3. The third-order valence-corrected chi connectivity index (χ3v) is 4.56. The molecule has 4 heteroatoms. The zero-order valence-electron chi connectivity index (χ0n) is 13.0. The van der Waals surface area contributed by atoms with Crippen LogP contribution in [0.1, 0.15) is 45.3 Å². The monoisotopic (exact) mass is 288 g/mol. The highest BCUT2D eigenvalue weighted by Crippen LogP contribution is 2.39. The molecule has 2 aliphatic rings. The molecule has 1 aliphatic carbocycles. The lowest BCUT2D eigenvalue weighted by atomic mass is 10.1. The second kappa shape index (κ2) is 5.68. The first-order valence-corrected chi connectivity index (χ1v) is 7.92. The molecule has 2 fully saturated rings. The SMILES string of the molecule is CCOc1ccc(C2NC(C)C(=O)N2C(C)C2CC2)cc1. The van der Waals surface area contributed by atoms with E-state index in [2.05, 4.69) is 24.4 Å². The second-order valence-corrected chi connectivity index (χ2v) is 6.12. The molecule has 0 aromatic heterocycles. The maximum absolute atomic E-state index is 12.5. The van der Waals surface area contributed by atoms with E-state index in [-0.39, 0.29) is 18.1 Å². The van der Waals surface area contributed by atoms with Gasteiger partial charge in [-0.1, -0.05) is 12.1 Å². The molecule has 1 amide bonds. The van der Waals surface area contributed by atoms with Crippen molar-refractivity contribution in [3.8, 4) is 5.75 Å². The van der Waals surface area contributed by atoms with E-state index in [0.29, 0.717) is 18.6 Å². The predicted molar refractivity (Wildman–Crippen MR) is 82.0 cm³/mol. The van der Waals surface area contributed by atoms with Gasteiger partial charge in [0.2, 0.25) is 5.91 Å². The van der Waals surface area contributed by atoms with Gasteiger partial charge in [-0.2, -0.15) is 0 Å². The fourth-order valence-electron chi connectivity index (χ4n) is 3.15. The number of amides is 1. The molecule has 21 heavy (non-hydrogen) atoms.